The zero-order valence-electron chi connectivity index (χ0n) is 15.6. The lowest BCUT2D eigenvalue weighted by atomic mass is 9.51. The van der Waals surface area contributed by atoms with Crippen molar-refractivity contribution in [3.8, 4) is 0 Å². The van der Waals surface area contributed by atoms with Crippen LogP contribution >= 0.6 is 0 Å². The normalized spacial score (nSPS) is 48.6. The molecule has 4 rings (SSSR count). The van der Waals surface area contributed by atoms with E-state index >= 15 is 0 Å². The van der Waals surface area contributed by atoms with Gasteiger partial charge in [-0.25, -0.2) is 0 Å². The van der Waals surface area contributed by atoms with Crippen molar-refractivity contribution in [2.45, 2.75) is 70.6 Å². The van der Waals surface area contributed by atoms with E-state index < -0.39 is 40.7 Å². The lowest BCUT2D eigenvalue weighted by molar-refractivity contribution is -0.233. The number of epoxide rings is 1. The maximum Gasteiger partial charge on any atom is 0.303 e. The van der Waals surface area contributed by atoms with Gasteiger partial charge in [0.2, 0.25) is 0 Å². The van der Waals surface area contributed by atoms with Gasteiger partial charge in [0.1, 0.15) is 30.5 Å². The highest BCUT2D eigenvalue weighted by Crippen LogP contribution is 2.72. The van der Waals surface area contributed by atoms with E-state index in [1.807, 2.05) is 13.8 Å². The Labute approximate surface area is 152 Å². The monoisotopic (exact) mass is 366 g/mol. The molecule has 0 aromatic heterocycles. The first-order chi connectivity index (χ1) is 12.2. The van der Waals surface area contributed by atoms with E-state index in [-0.39, 0.29) is 18.7 Å². The fraction of sp³-hybridized carbons (Fsp3) is 0.789. The van der Waals surface area contributed by atoms with Crippen LogP contribution in [0.25, 0.3) is 0 Å². The van der Waals surface area contributed by atoms with Crippen LogP contribution in [0.3, 0.4) is 0 Å². The fourth-order valence-corrected chi connectivity index (χ4v) is 5.60. The second kappa shape index (κ2) is 5.53. The molecule has 2 aliphatic carbocycles. The highest BCUT2D eigenvalue weighted by Gasteiger charge is 2.85. The smallest absolute Gasteiger partial charge is 0.303 e. The summed E-state index contributed by atoms with van der Waals surface area (Å²) in [6, 6.07) is 0. The van der Waals surface area contributed by atoms with Crippen LogP contribution in [0, 0.1) is 10.8 Å². The molecule has 2 heterocycles. The Kier molecular flexibility index (Phi) is 3.82. The first-order valence-electron chi connectivity index (χ1n) is 9.13. The van der Waals surface area contributed by atoms with Crippen molar-refractivity contribution in [3.05, 3.63) is 11.6 Å². The molecule has 3 fully saturated rings. The van der Waals surface area contributed by atoms with E-state index in [1.54, 1.807) is 0 Å². The molecular weight excluding hydrogens is 340 g/mol. The number of hydrogen-bond acceptors (Lipinski definition) is 7. The molecule has 7 atom stereocenters. The van der Waals surface area contributed by atoms with Gasteiger partial charge in [-0.2, -0.15) is 0 Å². The molecule has 1 saturated carbocycles. The summed E-state index contributed by atoms with van der Waals surface area (Å²) < 4.78 is 23.3. The van der Waals surface area contributed by atoms with Crippen molar-refractivity contribution in [2.75, 3.05) is 13.2 Å². The van der Waals surface area contributed by atoms with Crippen LogP contribution in [0.2, 0.25) is 0 Å². The highest BCUT2D eigenvalue weighted by atomic mass is 16.7. The number of allylic oxidation sites excluding steroid dienone is 1. The van der Waals surface area contributed by atoms with Gasteiger partial charge < -0.3 is 24.1 Å². The summed E-state index contributed by atoms with van der Waals surface area (Å²) in [6.45, 7) is 7.31. The number of ether oxygens (including phenoxy) is 4. The minimum atomic E-state index is -0.986. The Morgan fingerprint density at radius 3 is 2.62 bits per heavy atom. The number of carbonyl (C=O) groups is 2. The number of aliphatic hydroxyl groups excluding tert-OH is 1. The molecule has 0 unspecified atom stereocenters. The third kappa shape index (κ3) is 2.05. The summed E-state index contributed by atoms with van der Waals surface area (Å²) in [5, 5.41) is 10.9. The van der Waals surface area contributed by atoms with Crippen LogP contribution in [0.4, 0.5) is 0 Å². The maximum atomic E-state index is 11.8. The Balaban J connectivity index is 1.86. The summed E-state index contributed by atoms with van der Waals surface area (Å²) in [5.41, 5.74) is -0.890. The van der Waals surface area contributed by atoms with Gasteiger partial charge in [0.15, 0.2) is 0 Å². The zero-order valence-corrected chi connectivity index (χ0v) is 15.6. The third-order valence-electron chi connectivity index (χ3n) is 7.08. The van der Waals surface area contributed by atoms with Crippen molar-refractivity contribution < 1.29 is 33.6 Å². The quantitative estimate of drug-likeness (QED) is 0.454. The van der Waals surface area contributed by atoms with E-state index in [4.69, 9.17) is 18.9 Å². The van der Waals surface area contributed by atoms with Gasteiger partial charge in [0.25, 0.3) is 0 Å². The highest BCUT2D eigenvalue weighted by molar-refractivity contribution is 5.67. The molecule has 2 bridgehead atoms. The molecule has 1 N–H and O–H groups in total. The van der Waals surface area contributed by atoms with Crippen LogP contribution in [0.15, 0.2) is 11.6 Å². The van der Waals surface area contributed by atoms with Gasteiger partial charge in [-0.1, -0.05) is 18.6 Å². The first kappa shape index (κ1) is 17.9. The van der Waals surface area contributed by atoms with Crippen LogP contribution in [0.5, 0.6) is 0 Å². The van der Waals surface area contributed by atoms with Crippen molar-refractivity contribution in [1.29, 1.82) is 0 Å². The molecule has 4 aliphatic rings. The van der Waals surface area contributed by atoms with E-state index in [0.717, 1.165) is 6.42 Å². The summed E-state index contributed by atoms with van der Waals surface area (Å²) in [5.74, 6) is -0.830. The van der Waals surface area contributed by atoms with Crippen LogP contribution in [-0.4, -0.2) is 60.3 Å². The third-order valence-corrected chi connectivity index (χ3v) is 7.08. The number of carbonyl (C=O) groups excluding carboxylic acids is 2. The number of aliphatic hydroxyl groups is 1. The van der Waals surface area contributed by atoms with Crippen molar-refractivity contribution >= 4 is 11.9 Å². The molecule has 0 radical (unpaired) electrons. The summed E-state index contributed by atoms with van der Waals surface area (Å²) >= 11 is 0. The predicted molar refractivity (Wildman–Crippen MR) is 89.1 cm³/mol. The van der Waals surface area contributed by atoms with Gasteiger partial charge in [-0.3, -0.25) is 9.59 Å². The lowest BCUT2D eigenvalue weighted by Gasteiger charge is -2.58. The van der Waals surface area contributed by atoms with E-state index in [1.165, 1.54) is 19.4 Å². The van der Waals surface area contributed by atoms with E-state index in [9.17, 15) is 14.7 Å². The SMILES string of the molecule is CC(=O)OC[C@@]12CCC(C)=C[C@H]1O[C@H]1[C@@H](O)[C@@H](OC(C)=O)[C@]2(C)[C@]12CO2. The molecule has 7 nitrogen and oxygen atoms in total. The second-order valence-electron chi connectivity index (χ2n) is 8.33. The van der Waals surface area contributed by atoms with E-state index in [2.05, 4.69) is 6.08 Å². The summed E-state index contributed by atoms with van der Waals surface area (Å²) in [6.07, 6.45) is 0.896. The topological polar surface area (TPSA) is 94.6 Å². The average molecular weight is 366 g/mol. The minimum Gasteiger partial charge on any atom is -0.465 e. The molecule has 0 aromatic carbocycles. The first-order valence-corrected chi connectivity index (χ1v) is 9.13. The summed E-state index contributed by atoms with van der Waals surface area (Å²) in [7, 11) is 0. The molecule has 144 valence electrons. The molecule has 26 heavy (non-hydrogen) atoms. The van der Waals surface area contributed by atoms with Crippen LogP contribution in [0.1, 0.15) is 40.5 Å². The molecule has 2 aliphatic heterocycles. The molecule has 7 heteroatoms. The Hall–Kier alpha value is -1.44. The van der Waals surface area contributed by atoms with Crippen molar-refractivity contribution in [1.82, 2.24) is 0 Å². The predicted octanol–water partition coefficient (Wildman–Crippen LogP) is 1.12. The van der Waals surface area contributed by atoms with Gasteiger partial charge in [0.05, 0.1) is 18.1 Å². The van der Waals surface area contributed by atoms with Crippen molar-refractivity contribution in [2.24, 2.45) is 10.8 Å². The minimum absolute atomic E-state index is 0.135. The lowest BCUT2D eigenvalue weighted by Crippen LogP contribution is -2.66. The molecule has 0 aromatic rings. The Morgan fingerprint density at radius 2 is 2.04 bits per heavy atom. The van der Waals surface area contributed by atoms with Gasteiger partial charge >= 0.3 is 11.9 Å². The number of esters is 2. The number of rotatable bonds is 3. The second-order valence-corrected chi connectivity index (χ2v) is 8.33. The molecule has 2 saturated heterocycles. The Morgan fingerprint density at radius 1 is 1.35 bits per heavy atom. The number of hydrogen-bond donors (Lipinski definition) is 1. The molecular formula is C19H26O7. The standard InChI is InChI=1S/C19H26O7/c1-10-5-6-18(8-23-11(2)20)13(7-10)26-16-14(22)15(25-12(3)21)17(18,4)19(16)9-24-19/h7,13-16,22H,5-6,8-9H2,1-4H3/t13-,14+,15-,16+,17+,18+,19+/m1/s1. The van der Waals surface area contributed by atoms with Gasteiger partial charge in [-0.05, 0) is 19.8 Å². The fourth-order valence-electron chi connectivity index (χ4n) is 5.60. The van der Waals surface area contributed by atoms with Gasteiger partial charge in [0, 0.05) is 19.3 Å². The molecule has 0 amide bonds. The van der Waals surface area contributed by atoms with Crippen LogP contribution in [-0.2, 0) is 28.5 Å². The van der Waals surface area contributed by atoms with Gasteiger partial charge in [-0.15, -0.1) is 0 Å². The van der Waals surface area contributed by atoms with Crippen molar-refractivity contribution in [3.63, 3.8) is 0 Å². The maximum absolute atomic E-state index is 11.8. The number of fused-ring (bicyclic) bond motifs is 2. The molecule has 1 spiro atoms. The average Bonchev–Trinajstić information content (AvgIpc) is 3.34. The largest absolute Gasteiger partial charge is 0.465 e. The van der Waals surface area contributed by atoms with E-state index in [0.29, 0.717) is 13.0 Å². The Bertz CT molecular complexity index is 681. The van der Waals surface area contributed by atoms with Crippen LogP contribution < -0.4 is 0 Å². The summed E-state index contributed by atoms with van der Waals surface area (Å²) in [4.78, 5) is 23.4. The zero-order chi connectivity index (χ0) is 18.9.